The Labute approximate surface area is 134 Å². The van der Waals surface area contributed by atoms with Gasteiger partial charge in [-0.15, -0.1) is 12.4 Å². The summed E-state index contributed by atoms with van der Waals surface area (Å²) in [5.41, 5.74) is -0.396. The summed E-state index contributed by atoms with van der Waals surface area (Å²) >= 11 is 0. The van der Waals surface area contributed by atoms with Crippen LogP contribution in [0.2, 0.25) is 0 Å². The van der Waals surface area contributed by atoms with Crippen LogP contribution in [0.1, 0.15) is 25.3 Å². The minimum Gasteiger partial charge on any atom is -0.356 e. The SMILES string of the molecule is CC1CN(c2cc(C(F)(F)F)ccn2)CC12CCNCC2.Cl. The molecule has 1 atom stereocenters. The van der Waals surface area contributed by atoms with Crippen molar-refractivity contribution in [3.05, 3.63) is 23.9 Å². The van der Waals surface area contributed by atoms with E-state index in [9.17, 15) is 13.2 Å². The number of piperidine rings is 1. The molecule has 1 spiro atoms. The smallest absolute Gasteiger partial charge is 0.356 e. The third-order valence-corrected chi connectivity index (χ3v) is 5.04. The van der Waals surface area contributed by atoms with E-state index in [0.29, 0.717) is 11.7 Å². The van der Waals surface area contributed by atoms with Gasteiger partial charge in [0.15, 0.2) is 0 Å². The van der Waals surface area contributed by atoms with Crippen LogP contribution < -0.4 is 10.2 Å². The maximum Gasteiger partial charge on any atom is 0.416 e. The monoisotopic (exact) mass is 335 g/mol. The minimum absolute atomic E-state index is 0. The van der Waals surface area contributed by atoms with Crippen LogP contribution in [0.15, 0.2) is 18.3 Å². The maximum absolute atomic E-state index is 12.8. The Morgan fingerprint density at radius 1 is 1.32 bits per heavy atom. The van der Waals surface area contributed by atoms with Crippen molar-refractivity contribution in [2.24, 2.45) is 11.3 Å². The molecule has 1 aromatic heterocycles. The Kier molecular flexibility index (Phi) is 4.92. The third-order valence-electron chi connectivity index (χ3n) is 5.04. The molecule has 1 aromatic rings. The van der Waals surface area contributed by atoms with E-state index in [1.807, 2.05) is 4.90 Å². The fraction of sp³-hybridized carbons (Fsp3) is 0.667. The molecule has 2 aliphatic heterocycles. The molecule has 0 aliphatic carbocycles. The molecule has 1 N–H and O–H groups in total. The second-order valence-electron chi connectivity index (χ2n) is 6.29. The normalized spacial score (nSPS) is 24.4. The van der Waals surface area contributed by atoms with Gasteiger partial charge in [-0.2, -0.15) is 13.2 Å². The first-order valence-corrected chi connectivity index (χ1v) is 7.40. The van der Waals surface area contributed by atoms with Crippen molar-refractivity contribution in [3.8, 4) is 0 Å². The van der Waals surface area contributed by atoms with Crippen molar-refractivity contribution in [2.45, 2.75) is 25.9 Å². The van der Waals surface area contributed by atoms with E-state index in [0.717, 1.165) is 45.1 Å². The molecule has 0 bridgehead atoms. The molecule has 7 heteroatoms. The molecule has 2 saturated heterocycles. The lowest BCUT2D eigenvalue weighted by Crippen LogP contribution is -2.41. The number of pyridine rings is 1. The number of nitrogens with one attached hydrogen (secondary N) is 1. The zero-order chi connectivity index (χ0) is 15.1. The lowest BCUT2D eigenvalue weighted by molar-refractivity contribution is -0.137. The molecule has 2 aliphatic rings. The van der Waals surface area contributed by atoms with E-state index >= 15 is 0 Å². The molecule has 3 nitrogen and oxygen atoms in total. The first-order valence-electron chi connectivity index (χ1n) is 7.40. The fourth-order valence-electron chi connectivity index (χ4n) is 3.64. The predicted molar refractivity (Wildman–Crippen MR) is 82.4 cm³/mol. The van der Waals surface area contributed by atoms with Crippen molar-refractivity contribution in [1.29, 1.82) is 0 Å². The molecule has 0 radical (unpaired) electrons. The number of anilines is 1. The Hall–Kier alpha value is -1.01. The summed E-state index contributed by atoms with van der Waals surface area (Å²) in [6.07, 6.45) is -0.876. The highest BCUT2D eigenvalue weighted by Crippen LogP contribution is 2.44. The van der Waals surface area contributed by atoms with Gasteiger partial charge >= 0.3 is 6.18 Å². The maximum atomic E-state index is 12.8. The van der Waals surface area contributed by atoms with Crippen molar-refractivity contribution >= 4 is 18.2 Å². The lowest BCUT2D eigenvalue weighted by Gasteiger charge is -2.37. The second-order valence-corrected chi connectivity index (χ2v) is 6.29. The van der Waals surface area contributed by atoms with Crippen molar-refractivity contribution in [2.75, 3.05) is 31.1 Å². The average Bonchev–Trinajstić information content (AvgIpc) is 2.76. The summed E-state index contributed by atoms with van der Waals surface area (Å²) < 4.78 is 38.5. The van der Waals surface area contributed by atoms with Gasteiger partial charge in [0.05, 0.1) is 5.56 Å². The molecule has 124 valence electrons. The van der Waals surface area contributed by atoms with Crippen LogP contribution in [-0.2, 0) is 6.18 Å². The van der Waals surface area contributed by atoms with Crippen LogP contribution in [0.25, 0.3) is 0 Å². The zero-order valence-electron chi connectivity index (χ0n) is 12.5. The fourth-order valence-corrected chi connectivity index (χ4v) is 3.64. The lowest BCUT2D eigenvalue weighted by atomic mass is 9.72. The standard InChI is InChI=1S/C15H20F3N3.ClH/c1-11-9-21(10-14(11)3-6-19-7-4-14)13-8-12(2-5-20-13)15(16,17)18;/h2,5,8,11,19H,3-4,6-7,9-10H2,1H3;1H. The van der Waals surface area contributed by atoms with Crippen LogP contribution in [0, 0.1) is 11.3 Å². The summed E-state index contributed by atoms with van der Waals surface area (Å²) in [5, 5.41) is 3.36. The van der Waals surface area contributed by atoms with E-state index in [2.05, 4.69) is 17.2 Å². The van der Waals surface area contributed by atoms with Crippen molar-refractivity contribution in [1.82, 2.24) is 10.3 Å². The van der Waals surface area contributed by atoms with Gasteiger partial charge < -0.3 is 10.2 Å². The second kappa shape index (κ2) is 6.24. The summed E-state index contributed by atoms with van der Waals surface area (Å²) in [7, 11) is 0. The number of hydrogen-bond donors (Lipinski definition) is 1. The van der Waals surface area contributed by atoms with Crippen LogP contribution in [0.5, 0.6) is 0 Å². The van der Waals surface area contributed by atoms with Gasteiger partial charge in [-0.25, -0.2) is 4.98 Å². The van der Waals surface area contributed by atoms with Crippen LogP contribution in [-0.4, -0.2) is 31.2 Å². The Bertz CT molecular complexity index is 515. The van der Waals surface area contributed by atoms with E-state index < -0.39 is 11.7 Å². The number of hydrogen-bond acceptors (Lipinski definition) is 3. The van der Waals surface area contributed by atoms with Crippen LogP contribution >= 0.6 is 12.4 Å². The highest BCUT2D eigenvalue weighted by molar-refractivity contribution is 5.85. The minimum atomic E-state index is -4.31. The molecule has 22 heavy (non-hydrogen) atoms. The number of aromatic nitrogens is 1. The Morgan fingerprint density at radius 3 is 2.64 bits per heavy atom. The van der Waals surface area contributed by atoms with E-state index in [1.165, 1.54) is 12.3 Å². The number of alkyl halides is 3. The third kappa shape index (κ3) is 3.18. The quantitative estimate of drug-likeness (QED) is 0.853. The topological polar surface area (TPSA) is 28.2 Å². The Morgan fingerprint density at radius 2 is 2.00 bits per heavy atom. The number of rotatable bonds is 1. The van der Waals surface area contributed by atoms with Crippen molar-refractivity contribution < 1.29 is 13.2 Å². The van der Waals surface area contributed by atoms with Gasteiger partial charge in [0.2, 0.25) is 0 Å². The average molecular weight is 336 g/mol. The first-order chi connectivity index (χ1) is 9.91. The summed E-state index contributed by atoms with van der Waals surface area (Å²) in [5.74, 6) is 0.933. The van der Waals surface area contributed by atoms with Crippen LogP contribution in [0.3, 0.4) is 0 Å². The van der Waals surface area contributed by atoms with E-state index in [1.54, 1.807) is 0 Å². The zero-order valence-corrected chi connectivity index (χ0v) is 13.3. The molecule has 1 unspecified atom stereocenters. The van der Waals surface area contributed by atoms with Crippen molar-refractivity contribution in [3.63, 3.8) is 0 Å². The van der Waals surface area contributed by atoms with Gasteiger partial charge in [-0.1, -0.05) is 6.92 Å². The number of nitrogens with zero attached hydrogens (tertiary/aromatic N) is 2. The van der Waals surface area contributed by atoms with Gasteiger partial charge in [0, 0.05) is 19.3 Å². The van der Waals surface area contributed by atoms with E-state index in [-0.39, 0.29) is 17.8 Å². The number of halogens is 4. The molecular formula is C15H21ClF3N3. The first kappa shape index (κ1) is 17.3. The molecule has 0 amide bonds. The highest BCUT2D eigenvalue weighted by Gasteiger charge is 2.45. The van der Waals surface area contributed by atoms with Gasteiger partial charge in [0.1, 0.15) is 5.82 Å². The summed E-state index contributed by atoms with van der Waals surface area (Å²) in [4.78, 5) is 6.18. The molecule has 2 fully saturated rings. The Balaban J connectivity index is 0.00000176. The molecule has 0 saturated carbocycles. The predicted octanol–water partition coefficient (Wildman–Crippen LogP) is 3.35. The van der Waals surface area contributed by atoms with E-state index in [4.69, 9.17) is 0 Å². The molecule has 3 rings (SSSR count). The van der Waals surface area contributed by atoms with Gasteiger partial charge in [-0.05, 0) is 49.4 Å². The summed E-state index contributed by atoms with van der Waals surface area (Å²) in [6.45, 7) is 5.79. The molecule has 0 aromatic carbocycles. The van der Waals surface area contributed by atoms with Gasteiger partial charge in [-0.3, -0.25) is 0 Å². The molecule has 3 heterocycles. The molecular weight excluding hydrogens is 315 g/mol. The highest BCUT2D eigenvalue weighted by atomic mass is 35.5. The van der Waals surface area contributed by atoms with Gasteiger partial charge in [0.25, 0.3) is 0 Å². The van der Waals surface area contributed by atoms with Crippen LogP contribution in [0.4, 0.5) is 19.0 Å². The largest absolute Gasteiger partial charge is 0.416 e. The summed E-state index contributed by atoms with van der Waals surface area (Å²) in [6, 6.07) is 2.20.